The lowest BCUT2D eigenvalue weighted by atomic mass is 10.0. The molecular formula is C12H22O5. The summed E-state index contributed by atoms with van der Waals surface area (Å²) in [6.07, 6.45) is 4.29. The third kappa shape index (κ3) is 9.81. The van der Waals surface area contributed by atoms with Gasteiger partial charge in [-0.15, -0.1) is 0 Å². The molecule has 0 rings (SSSR count). The van der Waals surface area contributed by atoms with Crippen LogP contribution in [0, 0.1) is 5.92 Å². The van der Waals surface area contributed by atoms with Gasteiger partial charge in [0, 0.05) is 0 Å². The Morgan fingerprint density at radius 1 is 1.24 bits per heavy atom. The number of carboxylic acids is 1. The normalized spacial score (nSPS) is 12.1. The van der Waals surface area contributed by atoms with Crippen molar-refractivity contribution in [3.05, 3.63) is 0 Å². The summed E-state index contributed by atoms with van der Waals surface area (Å²) in [5.74, 6) is -1.20. The van der Waals surface area contributed by atoms with Crippen LogP contribution in [0.2, 0.25) is 0 Å². The number of carbonyl (C=O) groups is 2. The zero-order chi connectivity index (χ0) is 13.1. The molecule has 0 fully saturated rings. The Balaban J connectivity index is 3.62. The minimum atomic E-state index is -1.09. The van der Waals surface area contributed by atoms with Crippen LogP contribution in [0.1, 0.15) is 39.5 Å². The van der Waals surface area contributed by atoms with E-state index in [2.05, 4.69) is 18.6 Å². The number of carbonyl (C=O) groups excluding carboxylic acids is 1. The van der Waals surface area contributed by atoms with Gasteiger partial charge in [-0.2, -0.15) is 0 Å². The van der Waals surface area contributed by atoms with Gasteiger partial charge in [0.1, 0.15) is 13.2 Å². The lowest BCUT2D eigenvalue weighted by Gasteiger charge is -2.14. The summed E-state index contributed by atoms with van der Waals surface area (Å²) in [5, 5.41) is 8.30. The predicted molar refractivity (Wildman–Crippen MR) is 62.7 cm³/mol. The van der Waals surface area contributed by atoms with Gasteiger partial charge < -0.3 is 14.6 Å². The third-order valence-corrected chi connectivity index (χ3v) is 2.47. The van der Waals surface area contributed by atoms with Gasteiger partial charge in [0.05, 0.1) is 6.61 Å². The van der Waals surface area contributed by atoms with Crippen LogP contribution in [0.25, 0.3) is 0 Å². The molecule has 0 aromatic carbocycles. The fourth-order valence-corrected chi connectivity index (χ4v) is 1.37. The molecule has 100 valence electrons. The van der Waals surface area contributed by atoms with Crippen molar-refractivity contribution in [2.45, 2.75) is 39.5 Å². The Morgan fingerprint density at radius 2 is 1.94 bits per heavy atom. The van der Waals surface area contributed by atoms with Gasteiger partial charge in [-0.05, 0) is 12.3 Å². The number of aliphatic carboxylic acids is 1. The predicted octanol–water partition coefficient (Wildman–Crippen LogP) is 1.85. The highest BCUT2D eigenvalue weighted by Gasteiger charge is 2.10. The minimum Gasteiger partial charge on any atom is -0.480 e. The maximum Gasteiger partial charge on any atom is 0.332 e. The first kappa shape index (κ1) is 15.9. The smallest absolute Gasteiger partial charge is 0.332 e. The van der Waals surface area contributed by atoms with Crippen LogP contribution in [0.15, 0.2) is 0 Å². The number of unbranched alkanes of at least 4 members (excludes halogenated alkanes) is 1. The molecule has 0 amide bonds. The van der Waals surface area contributed by atoms with E-state index in [1.807, 2.05) is 0 Å². The monoisotopic (exact) mass is 246 g/mol. The molecule has 0 aliphatic carbocycles. The summed E-state index contributed by atoms with van der Waals surface area (Å²) in [6, 6.07) is 0. The fraction of sp³-hybridized carbons (Fsp3) is 0.833. The second kappa shape index (κ2) is 10.1. The first-order chi connectivity index (χ1) is 8.10. The molecule has 5 heteroatoms. The molecule has 0 radical (unpaired) electrons. The average molecular weight is 246 g/mol. The van der Waals surface area contributed by atoms with Crippen LogP contribution >= 0.6 is 0 Å². The second-order valence-electron chi connectivity index (χ2n) is 3.99. The first-order valence-electron chi connectivity index (χ1n) is 6.05. The molecule has 5 nitrogen and oxygen atoms in total. The van der Waals surface area contributed by atoms with Crippen molar-refractivity contribution in [2.24, 2.45) is 5.92 Å². The van der Waals surface area contributed by atoms with Crippen LogP contribution in [-0.2, 0) is 19.1 Å². The van der Waals surface area contributed by atoms with Crippen molar-refractivity contribution in [3.8, 4) is 0 Å². The molecule has 0 aliphatic rings. The van der Waals surface area contributed by atoms with Crippen LogP contribution < -0.4 is 0 Å². The Bertz CT molecular complexity index is 227. The van der Waals surface area contributed by atoms with E-state index < -0.39 is 18.5 Å². The lowest BCUT2D eigenvalue weighted by molar-refractivity contribution is -0.153. The van der Waals surface area contributed by atoms with Gasteiger partial charge >= 0.3 is 11.9 Å². The number of carboxylic acid groups (broad SMARTS) is 1. The number of hydrogen-bond acceptors (Lipinski definition) is 4. The zero-order valence-electron chi connectivity index (χ0n) is 10.6. The lowest BCUT2D eigenvalue weighted by Crippen LogP contribution is -2.19. The molecule has 0 saturated heterocycles. The van der Waals surface area contributed by atoms with E-state index in [9.17, 15) is 9.59 Å². The van der Waals surface area contributed by atoms with Crippen LogP contribution in [0.4, 0.5) is 0 Å². The summed E-state index contributed by atoms with van der Waals surface area (Å²) in [4.78, 5) is 21.3. The topological polar surface area (TPSA) is 72.8 Å². The molecule has 0 aliphatic heterocycles. The molecule has 0 bridgehead atoms. The zero-order valence-corrected chi connectivity index (χ0v) is 10.6. The van der Waals surface area contributed by atoms with Crippen molar-refractivity contribution in [1.82, 2.24) is 0 Å². The molecule has 1 unspecified atom stereocenters. The van der Waals surface area contributed by atoms with E-state index in [0.717, 1.165) is 25.7 Å². The standard InChI is InChI=1S/C12H22O5/c1-3-5-6-10(4-2)7-17-12(15)9-16-8-11(13)14/h10H,3-9H2,1-2H3,(H,13,14). The van der Waals surface area contributed by atoms with E-state index >= 15 is 0 Å². The SMILES string of the molecule is CCCCC(CC)COC(=O)COCC(=O)O. The molecule has 0 saturated carbocycles. The summed E-state index contributed by atoms with van der Waals surface area (Å²) in [7, 11) is 0. The van der Waals surface area contributed by atoms with Crippen molar-refractivity contribution >= 4 is 11.9 Å². The number of rotatable bonds is 10. The van der Waals surface area contributed by atoms with E-state index in [0.29, 0.717) is 12.5 Å². The molecule has 1 N–H and O–H groups in total. The molecule has 0 aromatic heterocycles. The van der Waals surface area contributed by atoms with E-state index in [4.69, 9.17) is 9.84 Å². The van der Waals surface area contributed by atoms with Gasteiger partial charge in [0.25, 0.3) is 0 Å². The highest BCUT2D eigenvalue weighted by atomic mass is 16.6. The quantitative estimate of drug-likeness (QED) is 0.595. The van der Waals surface area contributed by atoms with Crippen LogP contribution in [-0.4, -0.2) is 36.9 Å². The summed E-state index contributed by atoms with van der Waals surface area (Å²) < 4.78 is 9.65. The van der Waals surface area contributed by atoms with Crippen molar-refractivity contribution in [2.75, 3.05) is 19.8 Å². The van der Waals surface area contributed by atoms with Gasteiger partial charge in [0.15, 0.2) is 0 Å². The minimum absolute atomic E-state index is 0.295. The average Bonchev–Trinajstić information content (AvgIpc) is 2.29. The summed E-state index contributed by atoms with van der Waals surface area (Å²) in [6.45, 7) is 3.82. The molecule has 1 atom stereocenters. The van der Waals surface area contributed by atoms with Gasteiger partial charge in [-0.3, -0.25) is 0 Å². The van der Waals surface area contributed by atoms with Crippen LogP contribution in [0.5, 0.6) is 0 Å². The number of hydrogen-bond donors (Lipinski definition) is 1. The van der Waals surface area contributed by atoms with Crippen molar-refractivity contribution < 1.29 is 24.2 Å². The molecule has 17 heavy (non-hydrogen) atoms. The Labute approximate surface area is 102 Å². The second-order valence-corrected chi connectivity index (χ2v) is 3.99. The van der Waals surface area contributed by atoms with Gasteiger partial charge in [-0.25, -0.2) is 9.59 Å². The van der Waals surface area contributed by atoms with Gasteiger partial charge in [-0.1, -0.05) is 33.1 Å². The van der Waals surface area contributed by atoms with Crippen molar-refractivity contribution in [1.29, 1.82) is 0 Å². The number of esters is 1. The van der Waals surface area contributed by atoms with E-state index in [1.54, 1.807) is 0 Å². The molecule has 0 spiro atoms. The first-order valence-corrected chi connectivity index (χ1v) is 6.05. The molecule has 0 heterocycles. The van der Waals surface area contributed by atoms with Crippen molar-refractivity contribution in [3.63, 3.8) is 0 Å². The molecular weight excluding hydrogens is 224 g/mol. The summed E-state index contributed by atoms with van der Waals surface area (Å²) in [5.41, 5.74) is 0. The van der Waals surface area contributed by atoms with E-state index in [-0.39, 0.29) is 6.61 Å². The Morgan fingerprint density at radius 3 is 2.47 bits per heavy atom. The Hall–Kier alpha value is -1.10. The molecule has 0 aromatic rings. The maximum atomic E-state index is 11.2. The Kier molecular flexibility index (Phi) is 9.43. The van der Waals surface area contributed by atoms with E-state index in [1.165, 1.54) is 0 Å². The largest absolute Gasteiger partial charge is 0.480 e. The van der Waals surface area contributed by atoms with Gasteiger partial charge in [0.2, 0.25) is 0 Å². The number of ether oxygens (including phenoxy) is 2. The fourth-order valence-electron chi connectivity index (χ4n) is 1.37. The maximum absolute atomic E-state index is 11.2. The highest BCUT2D eigenvalue weighted by molar-refractivity contribution is 5.72. The van der Waals surface area contributed by atoms with Crippen LogP contribution in [0.3, 0.4) is 0 Å². The summed E-state index contributed by atoms with van der Waals surface area (Å²) >= 11 is 0. The third-order valence-electron chi connectivity index (χ3n) is 2.47. The highest BCUT2D eigenvalue weighted by Crippen LogP contribution is 2.12.